The van der Waals surface area contributed by atoms with Crippen LogP contribution in [0.25, 0.3) is 28.2 Å². The highest BCUT2D eigenvalue weighted by molar-refractivity contribution is 8.18. The number of fused-ring (bicyclic) bond motifs is 1. The van der Waals surface area contributed by atoms with Crippen LogP contribution in [0.4, 0.5) is 4.79 Å². The van der Waals surface area contributed by atoms with Crippen molar-refractivity contribution in [3.63, 3.8) is 0 Å². The molecule has 1 fully saturated rings. The number of thioether (sulfide) groups is 1. The van der Waals surface area contributed by atoms with Crippen molar-refractivity contribution in [2.45, 2.75) is 6.92 Å². The summed E-state index contributed by atoms with van der Waals surface area (Å²) in [4.78, 5) is 32.1. The molecule has 0 spiro atoms. The third-order valence-electron chi connectivity index (χ3n) is 3.71. The second-order valence-corrected chi connectivity index (χ2v) is 7.08. The maximum absolute atomic E-state index is 11.7. The average molecular weight is 353 g/mol. The van der Waals surface area contributed by atoms with Gasteiger partial charge in [0, 0.05) is 16.3 Å². The van der Waals surface area contributed by atoms with Gasteiger partial charge in [-0.1, -0.05) is 6.07 Å². The SMILES string of the molecule is Cc1cscc1-c1ncnc2ccc(/C=C3\SC(=O)NC3=O)cc12. The van der Waals surface area contributed by atoms with E-state index in [-0.39, 0.29) is 11.1 Å². The summed E-state index contributed by atoms with van der Waals surface area (Å²) in [5, 5.41) is 6.99. The molecule has 2 aromatic heterocycles. The number of carbonyl (C=O) groups is 2. The minimum atomic E-state index is -0.358. The fourth-order valence-corrected chi connectivity index (χ4v) is 4.07. The molecule has 4 rings (SSSR count). The highest BCUT2D eigenvalue weighted by Gasteiger charge is 2.25. The van der Waals surface area contributed by atoms with Gasteiger partial charge in [-0.05, 0) is 53.4 Å². The number of benzene rings is 1. The van der Waals surface area contributed by atoms with Crippen molar-refractivity contribution >= 4 is 51.2 Å². The van der Waals surface area contributed by atoms with Crippen LogP contribution in [0.15, 0.2) is 40.2 Å². The molecule has 0 aliphatic carbocycles. The Labute approximate surface area is 145 Å². The van der Waals surface area contributed by atoms with E-state index < -0.39 is 0 Å². The first-order valence-electron chi connectivity index (χ1n) is 7.14. The number of thiophene rings is 1. The number of nitrogens with zero attached hydrogens (tertiary/aromatic N) is 2. The summed E-state index contributed by atoms with van der Waals surface area (Å²) >= 11 is 2.54. The zero-order chi connectivity index (χ0) is 16.7. The summed E-state index contributed by atoms with van der Waals surface area (Å²) in [6.07, 6.45) is 3.27. The third kappa shape index (κ3) is 2.61. The lowest BCUT2D eigenvalue weighted by Crippen LogP contribution is -2.17. The van der Waals surface area contributed by atoms with Gasteiger partial charge in [0.1, 0.15) is 6.33 Å². The first kappa shape index (κ1) is 15.0. The van der Waals surface area contributed by atoms with Crippen LogP contribution in [-0.2, 0) is 4.79 Å². The van der Waals surface area contributed by atoms with E-state index in [2.05, 4.69) is 33.0 Å². The van der Waals surface area contributed by atoms with Crippen molar-refractivity contribution in [1.82, 2.24) is 15.3 Å². The van der Waals surface area contributed by atoms with Gasteiger partial charge < -0.3 is 0 Å². The Hall–Kier alpha value is -2.51. The maximum Gasteiger partial charge on any atom is 0.290 e. The smallest absolute Gasteiger partial charge is 0.282 e. The molecule has 0 saturated carbocycles. The van der Waals surface area contributed by atoms with E-state index in [0.29, 0.717) is 4.91 Å². The van der Waals surface area contributed by atoms with Crippen molar-refractivity contribution in [3.05, 3.63) is 51.3 Å². The van der Waals surface area contributed by atoms with Crippen LogP contribution in [-0.4, -0.2) is 21.1 Å². The number of aryl methyl sites for hydroxylation is 1. The number of rotatable bonds is 2. The Morgan fingerprint density at radius 2 is 2.04 bits per heavy atom. The van der Waals surface area contributed by atoms with E-state index >= 15 is 0 Å². The predicted octanol–water partition coefficient (Wildman–Crippen LogP) is 3.99. The molecule has 0 atom stereocenters. The average Bonchev–Trinajstić information content (AvgIpc) is 3.12. The summed E-state index contributed by atoms with van der Waals surface area (Å²) in [5.41, 5.74) is 4.80. The lowest BCUT2D eigenvalue weighted by atomic mass is 10.0. The molecule has 0 unspecified atom stereocenters. The first-order chi connectivity index (χ1) is 11.6. The van der Waals surface area contributed by atoms with E-state index in [0.717, 1.165) is 39.5 Å². The lowest BCUT2D eigenvalue weighted by Gasteiger charge is -2.06. The maximum atomic E-state index is 11.7. The first-order valence-corrected chi connectivity index (χ1v) is 8.90. The summed E-state index contributed by atoms with van der Waals surface area (Å²) in [6.45, 7) is 2.05. The Bertz CT molecular complexity index is 1020. The normalized spacial score (nSPS) is 16.1. The van der Waals surface area contributed by atoms with E-state index in [9.17, 15) is 9.59 Å². The summed E-state index contributed by atoms with van der Waals surface area (Å²) < 4.78 is 0. The molecule has 1 aliphatic heterocycles. The number of imide groups is 1. The number of hydrogen-bond donors (Lipinski definition) is 1. The van der Waals surface area contributed by atoms with Gasteiger partial charge in [0.05, 0.1) is 16.1 Å². The van der Waals surface area contributed by atoms with Gasteiger partial charge in [-0.25, -0.2) is 9.97 Å². The largest absolute Gasteiger partial charge is 0.290 e. The number of nitrogens with one attached hydrogen (secondary N) is 1. The van der Waals surface area contributed by atoms with Crippen molar-refractivity contribution in [2.24, 2.45) is 0 Å². The van der Waals surface area contributed by atoms with Crippen molar-refractivity contribution in [3.8, 4) is 11.3 Å². The van der Waals surface area contributed by atoms with Crippen LogP contribution in [0.1, 0.15) is 11.1 Å². The van der Waals surface area contributed by atoms with E-state index in [1.54, 1.807) is 23.7 Å². The van der Waals surface area contributed by atoms with Gasteiger partial charge >= 0.3 is 0 Å². The van der Waals surface area contributed by atoms with E-state index in [1.165, 1.54) is 5.56 Å². The Kier molecular flexibility index (Phi) is 3.66. The molecule has 7 heteroatoms. The Morgan fingerprint density at radius 3 is 2.75 bits per heavy atom. The number of carbonyl (C=O) groups excluding carboxylic acids is 2. The molecule has 1 aliphatic rings. The second kappa shape index (κ2) is 5.85. The minimum Gasteiger partial charge on any atom is -0.282 e. The van der Waals surface area contributed by atoms with Crippen LogP contribution in [0.3, 0.4) is 0 Å². The predicted molar refractivity (Wildman–Crippen MR) is 96.7 cm³/mol. The quantitative estimate of drug-likeness (QED) is 0.705. The minimum absolute atomic E-state index is 0.343. The molecule has 0 bridgehead atoms. The topological polar surface area (TPSA) is 72.0 Å². The Balaban J connectivity index is 1.86. The number of aromatic nitrogens is 2. The molecule has 2 amide bonds. The van der Waals surface area contributed by atoms with Crippen LogP contribution >= 0.6 is 23.1 Å². The molecule has 3 aromatic rings. The lowest BCUT2D eigenvalue weighted by molar-refractivity contribution is -0.115. The highest BCUT2D eigenvalue weighted by Crippen LogP contribution is 2.32. The van der Waals surface area contributed by atoms with Crippen LogP contribution in [0.5, 0.6) is 0 Å². The van der Waals surface area contributed by atoms with E-state index in [1.807, 2.05) is 18.2 Å². The van der Waals surface area contributed by atoms with Crippen molar-refractivity contribution in [1.29, 1.82) is 0 Å². The standard InChI is InChI=1S/C17H11N3O2S2/c1-9-6-23-7-12(9)15-11-4-10(2-3-13(11)18-8-19-15)5-14-16(21)20-17(22)24-14/h2-8H,1H3,(H,20,21,22)/b14-5-. The van der Waals surface area contributed by atoms with Crippen LogP contribution in [0.2, 0.25) is 0 Å². The van der Waals surface area contributed by atoms with Crippen LogP contribution in [0, 0.1) is 6.92 Å². The van der Waals surface area contributed by atoms with Crippen molar-refractivity contribution < 1.29 is 9.59 Å². The van der Waals surface area contributed by atoms with Gasteiger partial charge in [0.15, 0.2) is 0 Å². The molecule has 24 heavy (non-hydrogen) atoms. The monoisotopic (exact) mass is 353 g/mol. The fourth-order valence-electron chi connectivity index (χ4n) is 2.55. The molecule has 3 heterocycles. The van der Waals surface area contributed by atoms with Gasteiger partial charge in [-0.2, -0.15) is 11.3 Å². The zero-order valence-electron chi connectivity index (χ0n) is 12.6. The van der Waals surface area contributed by atoms with Gasteiger partial charge in [0.25, 0.3) is 11.1 Å². The highest BCUT2D eigenvalue weighted by atomic mass is 32.2. The number of amides is 2. The number of hydrogen-bond acceptors (Lipinski definition) is 6. The second-order valence-electron chi connectivity index (χ2n) is 5.32. The fraction of sp³-hybridized carbons (Fsp3) is 0.0588. The molecular weight excluding hydrogens is 342 g/mol. The van der Waals surface area contributed by atoms with Gasteiger partial charge in [-0.3, -0.25) is 14.9 Å². The summed E-state index contributed by atoms with van der Waals surface area (Å²) in [6, 6.07) is 5.72. The molecule has 1 aromatic carbocycles. The Morgan fingerprint density at radius 1 is 1.17 bits per heavy atom. The molecule has 5 nitrogen and oxygen atoms in total. The van der Waals surface area contributed by atoms with Gasteiger partial charge in [-0.15, -0.1) is 0 Å². The zero-order valence-corrected chi connectivity index (χ0v) is 14.2. The molecular formula is C17H11N3O2S2. The molecule has 0 radical (unpaired) electrons. The van der Waals surface area contributed by atoms with Crippen LogP contribution < -0.4 is 5.32 Å². The third-order valence-corrected chi connectivity index (χ3v) is 5.38. The summed E-state index contributed by atoms with van der Waals surface area (Å²) in [7, 11) is 0. The molecule has 118 valence electrons. The molecule has 1 saturated heterocycles. The van der Waals surface area contributed by atoms with Crippen molar-refractivity contribution in [2.75, 3.05) is 0 Å². The van der Waals surface area contributed by atoms with Gasteiger partial charge in [0.2, 0.25) is 0 Å². The molecule has 1 N–H and O–H groups in total. The summed E-state index contributed by atoms with van der Waals surface area (Å²) in [5.74, 6) is -0.358. The van der Waals surface area contributed by atoms with E-state index in [4.69, 9.17) is 0 Å².